The summed E-state index contributed by atoms with van der Waals surface area (Å²) in [6.07, 6.45) is 0.706. The van der Waals surface area contributed by atoms with Crippen LogP contribution in [0.3, 0.4) is 0 Å². The Labute approximate surface area is 122 Å². The molecule has 0 radical (unpaired) electrons. The molecular formula is C12H18Cl2N2O3. The van der Waals surface area contributed by atoms with Gasteiger partial charge >= 0.3 is 6.03 Å². The predicted molar refractivity (Wildman–Crippen MR) is 73.3 cm³/mol. The van der Waals surface area contributed by atoms with Crippen molar-refractivity contribution in [1.29, 1.82) is 0 Å². The molecule has 19 heavy (non-hydrogen) atoms. The van der Waals surface area contributed by atoms with Crippen molar-refractivity contribution in [2.45, 2.75) is 26.7 Å². The van der Waals surface area contributed by atoms with Crippen molar-refractivity contribution >= 4 is 41.0 Å². The topological polar surface area (TPSA) is 57.7 Å². The summed E-state index contributed by atoms with van der Waals surface area (Å²) in [6, 6.07) is -0.617. The second-order valence-electron chi connectivity index (χ2n) is 4.36. The summed E-state index contributed by atoms with van der Waals surface area (Å²) >= 11 is 11.3. The number of hydrogen-bond acceptors (Lipinski definition) is 3. The van der Waals surface area contributed by atoms with Crippen molar-refractivity contribution in [3.63, 3.8) is 0 Å². The van der Waals surface area contributed by atoms with Crippen LogP contribution in [0.4, 0.5) is 4.79 Å². The second-order valence-corrected chi connectivity index (χ2v) is 5.12. The Hall–Kier alpha value is -0.810. The number of barbiturate groups is 1. The highest BCUT2D eigenvalue weighted by Crippen LogP contribution is 2.35. The lowest BCUT2D eigenvalue weighted by Crippen LogP contribution is -2.65. The lowest BCUT2D eigenvalue weighted by molar-refractivity contribution is -0.159. The number of amides is 4. The highest BCUT2D eigenvalue weighted by atomic mass is 35.5. The molecule has 5 nitrogen and oxygen atoms in total. The van der Waals surface area contributed by atoms with E-state index in [4.69, 9.17) is 23.2 Å². The van der Waals surface area contributed by atoms with Crippen LogP contribution in [0.25, 0.3) is 0 Å². The summed E-state index contributed by atoms with van der Waals surface area (Å²) in [6.45, 7) is 3.75. The Balaban J connectivity index is 3.23. The van der Waals surface area contributed by atoms with Crippen LogP contribution >= 0.6 is 23.2 Å². The number of nitrogens with zero attached hydrogens (tertiary/aromatic N) is 2. The van der Waals surface area contributed by atoms with Gasteiger partial charge in [-0.1, -0.05) is 13.8 Å². The van der Waals surface area contributed by atoms with E-state index >= 15 is 0 Å². The van der Waals surface area contributed by atoms with E-state index in [1.807, 2.05) is 0 Å². The fourth-order valence-corrected chi connectivity index (χ4v) is 2.68. The van der Waals surface area contributed by atoms with Gasteiger partial charge in [-0.25, -0.2) is 4.79 Å². The van der Waals surface area contributed by atoms with E-state index in [0.717, 1.165) is 9.80 Å². The van der Waals surface area contributed by atoms with E-state index in [1.165, 1.54) is 0 Å². The molecule has 0 atom stereocenters. The van der Waals surface area contributed by atoms with Crippen molar-refractivity contribution < 1.29 is 14.4 Å². The molecule has 1 fully saturated rings. The quantitative estimate of drug-likeness (QED) is 0.557. The maximum atomic E-state index is 12.4. The molecule has 1 heterocycles. The van der Waals surface area contributed by atoms with Crippen LogP contribution in [-0.2, 0) is 9.59 Å². The monoisotopic (exact) mass is 308 g/mol. The molecule has 0 N–H and O–H groups in total. The molecule has 0 saturated carbocycles. The molecule has 0 spiro atoms. The summed E-state index contributed by atoms with van der Waals surface area (Å²) < 4.78 is 0. The maximum absolute atomic E-state index is 12.4. The second kappa shape index (κ2) is 6.57. The van der Waals surface area contributed by atoms with E-state index in [2.05, 4.69) is 0 Å². The van der Waals surface area contributed by atoms with Crippen LogP contribution in [0.2, 0.25) is 0 Å². The van der Waals surface area contributed by atoms with E-state index in [0.29, 0.717) is 12.8 Å². The molecule has 7 heteroatoms. The highest BCUT2D eigenvalue weighted by molar-refractivity contribution is 6.22. The van der Waals surface area contributed by atoms with Gasteiger partial charge in [0.25, 0.3) is 0 Å². The number of alkyl halides is 2. The average molecular weight is 309 g/mol. The fraction of sp³-hybridized carbons (Fsp3) is 0.750. The molecule has 1 saturated heterocycles. The molecule has 0 aromatic heterocycles. The van der Waals surface area contributed by atoms with Gasteiger partial charge in [0.2, 0.25) is 11.8 Å². The van der Waals surface area contributed by atoms with Crippen LogP contribution < -0.4 is 0 Å². The number of hydrogen-bond donors (Lipinski definition) is 0. The summed E-state index contributed by atoms with van der Waals surface area (Å²) in [5.41, 5.74) is -1.16. The first-order valence-electron chi connectivity index (χ1n) is 6.30. The Kier molecular flexibility index (Phi) is 5.62. The number of imide groups is 2. The van der Waals surface area contributed by atoms with Crippen LogP contribution in [-0.4, -0.2) is 52.5 Å². The third kappa shape index (κ3) is 2.58. The van der Waals surface area contributed by atoms with Crippen LogP contribution in [0.5, 0.6) is 0 Å². The first-order chi connectivity index (χ1) is 8.99. The van der Waals surface area contributed by atoms with Gasteiger partial charge in [-0.3, -0.25) is 19.4 Å². The minimum absolute atomic E-state index is 0.104. The summed E-state index contributed by atoms with van der Waals surface area (Å²) in [4.78, 5) is 39.1. The van der Waals surface area contributed by atoms with Gasteiger partial charge < -0.3 is 0 Å². The lowest BCUT2D eigenvalue weighted by atomic mass is 9.78. The normalized spacial score (nSPS) is 19.3. The van der Waals surface area contributed by atoms with Crippen molar-refractivity contribution in [3.05, 3.63) is 0 Å². The van der Waals surface area contributed by atoms with E-state index < -0.39 is 23.3 Å². The molecule has 0 unspecified atom stereocenters. The van der Waals surface area contributed by atoms with Gasteiger partial charge in [0.1, 0.15) is 5.41 Å². The molecule has 0 aliphatic carbocycles. The predicted octanol–water partition coefficient (Wildman–Crippen LogP) is 2.06. The fourth-order valence-electron chi connectivity index (χ4n) is 2.35. The number of carbonyl (C=O) groups is 3. The molecule has 1 rings (SSSR count). The van der Waals surface area contributed by atoms with Crippen LogP contribution in [0.15, 0.2) is 0 Å². The molecule has 0 aromatic rings. The molecule has 1 aliphatic rings. The molecule has 1 aliphatic heterocycles. The van der Waals surface area contributed by atoms with E-state index in [-0.39, 0.29) is 24.8 Å². The third-order valence-corrected chi connectivity index (χ3v) is 3.93. The van der Waals surface area contributed by atoms with Gasteiger partial charge in [0.05, 0.1) is 0 Å². The molecular weight excluding hydrogens is 291 g/mol. The molecule has 4 amide bonds. The van der Waals surface area contributed by atoms with Crippen LogP contribution in [0, 0.1) is 5.41 Å². The Morgan fingerprint density at radius 2 is 1.26 bits per heavy atom. The third-order valence-electron chi connectivity index (χ3n) is 3.59. The van der Waals surface area contributed by atoms with Crippen molar-refractivity contribution in [2.75, 3.05) is 24.8 Å². The van der Waals surface area contributed by atoms with Crippen molar-refractivity contribution in [2.24, 2.45) is 5.41 Å². The van der Waals surface area contributed by atoms with Crippen LogP contribution in [0.1, 0.15) is 26.7 Å². The summed E-state index contributed by atoms with van der Waals surface area (Å²) in [5, 5.41) is 0. The summed E-state index contributed by atoms with van der Waals surface area (Å²) in [7, 11) is 0. The average Bonchev–Trinajstić information content (AvgIpc) is 2.41. The number of halogens is 2. The number of rotatable bonds is 6. The smallest absolute Gasteiger partial charge is 0.273 e. The van der Waals surface area contributed by atoms with Gasteiger partial charge in [-0.2, -0.15) is 0 Å². The summed E-state index contributed by atoms with van der Waals surface area (Å²) in [5.74, 6) is -0.605. The first kappa shape index (κ1) is 16.2. The molecule has 108 valence electrons. The molecule has 0 bridgehead atoms. The van der Waals surface area contributed by atoms with E-state index in [9.17, 15) is 14.4 Å². The van der Waals surface area contributed by atoms with Gasteiger partial charge in [-0.15, -0.1) is 23.2 Å². The Bertz CT molecular complexity index is 353. The van der Waals surface area contributed by atoms with Gasteiger partial charge in [0, 0.05) is 24.8 Å². The van der Waals surface area contributed by atoms with Crippen molar-refractivity contribution in [3.8, 4) is 0 Å². The number of carbonyl (C=O) groups excluding carboxylic acids is 3. The standard InChI is InChI=1S/C12H18Cl2N2O3/c1-3-12(4-2)9(17)15(7-5-13)11(19)16(8-6-14)10(12)18/h3-8H2,1-2H3. The minimum atomic E-state index is -1.16. The Morgan fingerprint density at radius 3 is 1.53 bits per heavy atom. The zero-order chi connectivity index (χ0) is 14.6. The largest absolute Gasteiger partial charge is 0.333 e. The maximum Gasteiger partial charge on any atom is 0.333 e. The van der Waals surface area contributed by atoms with Crippen molar-refractivity contribution in [1.82, 2.24) is 9.80 Å². The van der Waals surface area contributed by atoms with E-state index in [1.54, 1.807) is 13.8 Å². The molecule has 0 aromatic carbocycles. The first-order valence-corrected chi connectivity index (χ1v) is 7.36. The Morgan fingerprint density at radius 1 is 0.895 bits per heavy atom. The zero-order valence-electron chi connectivity index (χ0n) is 11.1. The lowest BCUT2D eigenvalue weighted by Gasteiger charge is -2.43. The highest BCUT2D eigenvalue weighted by Gasteiger charge is 2.54. The SMILES string of the molecule is CCC1(CC)C(=O)N(CCCl)C(=O)N(CCCl)C1=O. The van der Waals surface area contributed by atoms with Gasteiger partial charge in [0.15, 0.2) is 0 Å². The minimum Gasteiger partial charge on any atom is -0.273 e. The number of urea groups is 1. The van der Waals surface area contributed by atoms with Gasteiger partial charge in [-0.05, 0) is 12.8 Å². The zero-order valence-corrected chi connectivity index (χ0v) is 12.6.